The molecule has 4 atom stereocenters. The number of nitro groups is 1. The van der Waals surface area contributed by atoms with Gasteiger partial charge in [-0.05, 0) is 44.0 Å². The second-order valence-corrected chi connectivity index (χ2v) is 11.1. The van der Waals surface area contributed by atoms with Crippen molar-refractivity contribution in [2.24, 2.45) is 0 Å². The number of fused-ring (bicyclic) bond motifs is 1. The largest absolute Gasteiger partial charge is 0.491 e. The summed E-state index contributed by atoms with van der Waals surface area (Å²) in [6.07, 6.45) is -1.46. The first-order valence-electron chi connectivity index (χ1n) is 14.7. The summed E-state index contributed by atoms with van der Waals surface area (Å²) in [5.74, 6) is -1.73. The first-order valence-corrected chi connectivity index (χ1v) is 14.7. The van der Waals surface area contributed by atoms with Crippen molar-refractivity contribution in [3.63, 3.8) is 0 Å². The Hall–Kier alpha value is -4.30. The third kappa shape index (κ3) is 8.05. The molecule has 0 bridgehead atoms. The van der Waals surface area contributed by atoms with E-state index in [1.165, 1.54) is 25.3 Å². The molecule has 0 spiro atoms. The van der Waals surface area contributed by atoms with Crippen LogP contribution in [0.3, 0.4) is 0 Å². The molecule has 2 aliphatic rings. The van der Waals surface area contributed by atoms with Crippen LogP contribution in [0.5, 0.6) is 5.75 Å². The lowest BCUT2D eigenvalue weighted by atomic mass is 9.80. The monoisotopic (exact) mass is 625 g/mol. The number of aliphatic hydroxyl groups is 3. The number of methoxy groups -OCH3 is 1. The SMILES string of the molecule is COC(=O)C1=C(C)NC(C)=C(C(=O)OCCCNCC(O)COc2cccc3c2C[C@H](O)[C@H](O)C3)C1c1cccc([N+](=O)[O-])c1. The number of aliphatic hydroxyl groups excluding tert-OH is 3. The quantitative estimate of drug-likeness (QED) is 0.0941. The Morgan fingerprint density at radius 2 is 1.76 bits per heavy atom. The molecule has 0 saturated heterocycles. The minimum absolute atomic E-state index is 0.0199. The van der Waals surface area contributed by atoms with Crippen LogP contribution in [0.4, 0.5) is 5.69 Å². The van der Waals surface area contributed by atoms with E-state index in [1.54, 1.807) is 26.0 Å². The lowest BCUT2D eigenvalue weighted by Crippen LogP contribution is -2.35. The lowest BCUT2D eigenvalue weighted by molar-refractivity contribution is -0.384. The summed E-state index contributed by atoms with van der Waals surface area (Å²) in [6.45, 7) is 4.03. The number of rotatable bonds is 13. The van der Waals surface area contributed by atoms with Crippen molar-refractivity contribution in [2.45, 2.75) is 57.3 Å². The highest BCUT2D eigenvalue weighted by Gasteiger charge is 2.38. The number of carbonyl (C=O) groups is 2. The van der Waals surface area contributed by atoms with Gasteiger partial charge in [0.05, 0.1) is 47.9 Å². The van der Waals surface area contributed by atoms with Gasteiger partial charge in [-0.2, -0.15) is 0 Å². The molecular weight excluding hydrogens is 586 g/mol. The highest BCUT2D eigenvalue weighted by atomic mass is 16.6. The van der Waals surface area contributed by atoms with Crippen molar-refractivity contribution in [1.29, 1.82) is 0 Å². The van der Waals surface area contributed by atoms with E-state index in [0.29, 0.717) is 42.1 Å². The first-order chi connectivity index (χ1) is 21.5. The van der Waals surface area contributed by atoms with Crippen LogP contribution in [0.15, 0.2) is 65.0 Å². The maximum atomic E-state index is 13.3. The van der Waals surface area contributed by atoms with E-state index < -0.39 is 41.1 Å². The van der Waals surface area contributed by atoms with Crippen LogP contribution in [0, 0.1) is 10.1 Å². The molecule has 0 fully saturated rings. The highest BCUT2D eigenvalue weighted by molar-refractivity contribution is 5.99. The summed E-state index contributed by atoms with van der Waals surface area (Å²) in [5, 5.41) is 47.9. The number of dihydropyridines is 1. The van der Waals surface area contributed by atoms with Gasteiger partial charge in [0.1, 0.15) is 18.5 Å². The summed E-state index contributed by atoms with van der Waals surface area (Å²) in [6, 6.07) is 11.2. The second kappa shape index (κ2) is 15.1. The van der Waals surface area contributed by atoms with Crippen LogP contribution >= 0.6 is 0 Å². The summed E-state index contributed by atoms with van der Waals surface area (Å²) in [4.78, 5) is 37.0. The van der Waals surface area contributed by atoms with E-state index in [-0.39, 0.29) is 43.0 Å². The topological polar surface area (TPSA) is 190 Å². The minimum Gasteiger partial charge on any atom is -0.491 e. The number of hydrogen-bond acceptors (Lipinski definition) is 12. The molecule has 0 amide bonds. The van der Waals surface area contributed by atoms with Gasteiger partial charge >= 0.3 is 11.9 Å². The number of allylic oxidation sites excluding steroid dienone is 2. The predicted molar refractivity (Wildman–Crippen MR) is 162 cm³/mol. The molecule has 0 saturated carbocycles. The Kier molecular flexibility index (Phi) is 11.3. The van der Waals surface area contributed by atoms with Crippen molar-refractivity contribution >= 4 is 17.6 Å². The van der Waals surface area contributed by atoms with Gasteiger partial charge in [-0.1, -0.05) is 24.3 Å². The highest BCUT2D eigenvalue weighted by Crippen LogP contribution is 2.40. The molecule has 2 aromatic carbocycles. The van der Waals surface area contributed by atoms with Gasteiger partial charge in [0.2, 0.25) is 0 Å². The first kappa shape index (κ1) is 33.6. The van der Waals surface area contributed by atoms with E-state index in [4.69, 9.17) is 14.2 Å². The zero-order chi connectivity index (χ0) is 32.7. The molecule has 0 aromatic heterocycles. The van der Waals surface area contributed by atoms with Crippen LogP contribution in [0.2, 0.25) is 0 Å². The number of ether oxygens (including phenoxy) is 3. The van der Waals surface area contributed by atoms with Gasteiger partial charge in [0, 0.05) is 48.5 Å². The fourth-order valence-electron chi connectivity index (χ4n) is 5.63. The molecule has 1 aliphatic heterocycles. The molecular formula is C32H39N3O10. The molecule has 13 heteroatoms. The van der Waals surface area contributed by atoms with Crippen molar-refractivity contribution in [1.82, 2.24) is 10.6 Å². The average molecular weight is 626 g/mol. The third-order valence-electron chi connectivity index (χ3n) is 7.86. The zero-order valence-corrected chi connectivity index (χ0v) is 25.4. The number of nitrogens with zero attached hydrogens (tertiary/aromatic N) is 1. The van der Waals surface area contributed by atoms with Gasteiger partial charge in [-0.3, -0.25) is 10.1 Å². The number of nitro benzene ring substituents is 1. The fourth-order valence-corrected chi connectivity index (χ4v) is 5.63. The Morgan fingerprint density at radius 1 is 1.07 bits per heavy atom. The summed E-state index contributed by atoms with van der Waals surface area (Å²) < 4.78 is 16.3. The number of carbonyl (C=O) groups excluding carboxylic acids is 2. The van der Waals surface area contributed by atoms with Gasteiger partial charge in [0.15, 0.2) is 0 Å². The van der Waals surface area contributed by atoms with E-state index in [9.17, 15) is 35.0 Å². The van der Waals surface area contributed by atoms with Gasteiger partial charge in [-0.25, -0.2) is 9.59 Å². The maximum Gasteiger partial charge on any atom is 0.336 e. The van der Waals surface area contributed by atoms with Gasteiger partial charge in [-0.15, -0.1) is 0 Å². The Balaban J connectivity index is 1.30. The summed E-state index contributed by atoms with van der Waals surface area (Å²) >= 11 is 0. The van der Waals surface area contributed by atoms with Crippen LogP contribution in [0.25, 0.3) is 0 Å². The molecule has 45 heavy (non-hydrogen) atoms. The van der Waals surface area contributed by atoms with Crippen molar-refractivity contribution in [2.75, 3.05) is 33.4 Å². The Bertz CT molecular complexity index is 1490. The normalized spacial score (nSPS) is 20.2. The molecule has 0 radical (unpaired) electrons. The van der Waals surface area contributed by atoms with E-state index >= 15 is 0 Å². The van der Waals surface area contributed by atoms with E-state index in [1.807, 2.05) is 12.1 Å². The summed E-state index contributed by atoms with van der Waals surface area (Å²) in [7, 11) is 1.22. The molecule has 2 aromatic rings. The smallest absolute Gasteiger partial charge is 0.336 e. The van der Waals surface area contributed by atoms with Crippen molar-refractivity contribution < 1.29 is 44.0 Å². The van der Waals surface area contributed by atoms with Crippen LogP contribution in [-0.2, 0) is 31.9 Å². The standard InChI is InChI=1S/C32H39N3O10/c1-18-28(31(39)43-3)30(21-8-4-9-22(13-21)35(41)42)29(19(2)34-18)32(40)44-12-6-11-33-16-23(36)17-45-27-10-5-7-20-14-25(37)26(38)15-24(20)27/h4-5,7-10,13,23,25-26,30,33-34,36-38H,6,11-12,14-17H2,1-3H3/t23?,25-,26+,30?/m1/s1. The summed E-state index contributed by atoms with van der Waals surface area (Å²) in [5.41, 5.74) is 3.14. The third-order valence-corrected chi connectivity index (χ3v) is 7.86. The molecule has 5 N–H and O–H groups in total. The second-order valence-electron chi connectivity index (χ2n) is 11.1. The van der Waals surface area contributed by atoms with E-state index in [2.05, 4.69) is 10.6 Å². The predicted octanol–water partition coefficient (Wildman–Crippen LogP) is 1.79. The Labute approximate surface area is 260 Å². The molecule has 13 nitrogen and oxygen atoms in total. The number of esters is 2. The number of benzene rings is 2. The lowest BCUT2D eigenvalue weighted by Gasteiger charge is -2.30. The average Bonchev–Trinajstić information content (AvgIpc) is 3.01. The van der Waals surface area contributed by atoms with Crippen molar-refractivity contribution in [3.05, 3.63) is 91.8 Å². The molecule has 1 aliphatic carbocycles. The number of nitrogens with one attached hydrogen (secondary N) is 2. The van der Waals surface area contributed by atoms with Gasteiger partial charge < -0.3 is 40.2 Å². The van der Waals surface area contributed by atoms with E-state index in [0.717, 1.165) is 11.1 Å². The Morgan fingerprint density at radius 3 is 2.47 bits per heavy atom. The zero-order valence-electron chi connectivity index (χ0n) is 25.4. The van der Waals surface area contributed by atoms with Crippen molar-refractivity contribution in [3.8, 4) is 5.75 Å². The fraction of sp³-hybridized carbons (Fsp3) is 0.438. The van der Waals surface area contributed by atoms with Gasteiger partial charge in [0.25, 0.3) is 5.69 Å². The minimum atomic E-state index is -0.942. The maximum absolute atomic E-state index is 13.3. The molecule has 1 heterocycles. The number of non-ortho nitro benzene ring substituents is 1. The molecule has 2 unspecified atom stereocenters. The molecule has 242 valence electrons. The van der Waals surface area contributed by atoms with Crippen LogP contribution in [0.1, 0.15) is 42.9 Å². The number of hydrogen-bond donors (Lipinski definition) is 5. The molecule has 4 rings (SSSR count). The van der Waals surface area contributed by atoms with Crippen LogP contribution in [-0.4, -0.2) is 83.9 Å². The van der Waals surface area contributed by atoms with Crippen LogP contribution < -0.4 is 15.4 Å².